The van der Waals surface area contributed by atoms with Crippen molar-refractivity contribution in [2.45, 2.75) is 13.3 Å². The smallest absolute Gasteiger partial charge is 0.265 e. The van der Waals surface area contributed by atoms with E-state index in [-0.39, 0.29) is 31.4 Å². The number of carbonyl (C=O) groups is 2. The standard InChI is InChI=1S/C20H22N2O5/c1-13-4-7-17-16(10-13)22(20(24)12-27-17)9-8-19(23)21-15-6-5-14(25-2)11-18(15)26-3/h4-7,10-11H,8-9,12H2,1-3H3,(H,21,23). The Labute approximate surface area is 157 Å². The van der Waals surface area contributed by atoms with Crippen molar-refractivity contribution in [1.82, 2.24) is 0 Å². The van der Waals surface area contributed by atoms with Gasteiger partial charge in [-0.25, -0.2) is 0 Å². The van der Waals surface area contributed by atoms with Gasteiger partial charge in [-0.1, -0.05) is 6.07 Å². The molecule has 0 radical (unpaired) electrons. The highest BCUT2D eigenvalue weighted by atomic mass is 16.5. The van der Waals surface area contributed by atoms with Crippen LogP contribution in [0.1, 0.15) is 12.0 Å². The first kappa shape index (κ1) is 18.6. The van der Waals surface area contributed by atoms with Crippen molar-refractivity contribution < 1.29 is 23.8 Å². The summed E-state index contributed by atoms with van der Waals surface area (Å²) in [7, 11) is 3.09. The van der Waals surface area contributed by atoms with E-state index in [1.807, 2.05) is 25.1 Å². The molecule has 0 saturated heterocycles. The highest BCUT2D eigenvalue weighted by Crippen LogP contribution is 2.33. The van der Waals surface area contributed by atoms with Crippen LogP contribution < -0.4 is 24.4 Å². The minimum Gasteiger partial charge on any atom is -0.497 e. The van der Waals surface area contributed by atoms with Gasteiger partial charge in [-0.15, -0.1) is 0 Å². The van der Waals surface area contributed by atoms with Gasteiger partial charge in [-0.05, 0) is 36.8 Å². The summed E-state index contributed by atoms with van der Waals surface area (Å²) >= 11 is 0. The molecule has 1 aliphatic rings. The fourth-order valence-electron chi connectivity index (χ4n) is 2.89. The van der Waals surface area contributed by atoms with E-state index in [9.17, 15) is 9.59 Å². The lowest BCUT2D eigenvalue weighted by Crippen LogP contribution is -2.40. The molecule has 0 bridgehead atoms. The van der Waals surface area contributed by atoms with E-state index in [4.69, 9.17) is 14.2 Å². The summed E-state index contributed by atoms with van der Waals surface area (Å²) < 4.78 is 15.9. The number of methoxy groups -OCH3 is 2. The highest BCUT2D eigenvalue weighted by Gasteiger charge is 2.26. The number of anilines is 2. The maximum absolute atomic E-state index is 12.4. The molecule has 1 N–H and O–H groups in total. The molecule has 1 aliphatic heterocycles. The zero-order chi connectivity index (χ0) is 19.4. The van der Waals surface area contributed by atoms with Crippen LogP contribution in [0.15, 0.2) is 36.4 Å². The zero-order valence-corrected chi connectivity index (χ0v) is 15.6. The first-order valence-corrected chi connectivity index (χ1v) is 8.57. The Morgan fingerprint density at radius 2 is 2.00 bits per heavy atom. The summed E-state index contributed by atoms with van der Waals surface area (Å²) in [6, 6.07) is 10.8. The molecule has 0 aliphatic carbocycles. The maximum Gasteiger partial charge on any atom is 0.265 e. The number of rotatable bonds is 6. The number of nitrogens with zero attached hydrogens (tertiary/aromatic N) is 1. The first-order valence-electron chi connectivity index (χ1n) is 8.57. The molecule has 0 atom stereocenters. The predicted molar refractivity (Wildman–Crippen MR) is 102 cm³/mol. The summed E-state index contributed by atoms with van der Waals surface area (Å²) in [5, 5.41) is 2.81. The van der Waals surface area contributed by atoms with Crippen LogP contribution in [0.2, 0.25) is 0 Å². The lowest BCUT2D eigenvalue weighted by molar-refractivity contribution is -0.121. The number of ether oxygens (including phenoxy) is 3. The van der Waals surface area contributed by atoms with Gasteiger partial charge in [0.05, 0.1) is 25.6 Å². The van der Waals surface area contributed by atoms with Crippen LogP contribution in [-0.2, 0) is 9.59 Å². The summed E-state index contributed by atoms with van der Waals surface area (Å²) in [6.07, 6.45) is 0.147. The summed E-state index contributed by atoms with van der Waals surface area (Å²) in [4.78, 5) is 26.2. The van der Waals surface area contributed by atoms with Crippen molar-refractivity contribution in [3.8, 4) is 17.2 Å². The van der Waals surface area contributed by atoms with Crippen LogP contribution in [0.3, 0.4) is 0 Å². The number of hydrogen-bond acceptors (Lipinski definition) is 5. The van der Waals surface area contributed by atoms with Crippen LogP contribution in [0.5, 0.6) is 17.2 Å². The van der Waals surface area contributed by atoms with E-state index < -0.39 is 0 Å². The van der Waals surface area contributed by atoms with Gasteiger partial charge >= 0.3 is 0 Å². The molecular weight excluding hydrogens is 348 g/mol. The molecule has 0 spiro atoms. The number of carbonyl (C=O) groups excluding carboxylic acids is 2. The van der Waals surface area contributed by atoms with E-state index >= 15 is 0 Å². The Balaban J connectivity index is 1.68. The first-order chi connectivity index (χ1) is 13.0. The van der Waals surface area contributed by atoms with Crippen molar-refractivity contribution in [2.75, 3.05) is 37.6 Å². The van der Waals surface area contributed by atoms with E-state index in [0.29, 0.717) is 28.6 Å². The molecule has 0 aromatic heterocycles. The third-order valence-corrected chi connectivity index (χ3v) is 4.30. The molecule has 2 aromatic rings. The Hall–Kier alpha value is -3.22. The molecule has 2 aromatic carbocycles. The Bertz CT molecular complexity index is 865. The van der Waals surface area contributed by atoms with Crippen LogP contribution in [0.4, 0.5) is 11.4 Å². The molecule has 1 heterocycles. The molecular formula is C20H22N2O5. The summed E-state index contributed by atoms with van der Waals surface area (Å²) in [6.45, 7) is 2.19. The van der Waals surface area contributed by atoms with Gasteiger partial charge in [0.2, 0.25) is 5.91 Å². The predicted octanol–water partition coefficient (Wildman–Crippen LogP) is 2.77. The Morgan fingerprint density at radius 1 is 1.19 bits per heavy atom. The van der Waals surface area contributed by atoms with Gasteiger partial charge in [0.15, 0.2) is 6.61 Å². The third-order valence-electron chi connectivity index (χ3n) is 4.30. The Morgan fingerprint density at radius 3 is 2.74 bits per heavy atom. The monoisotopic (exact) mass is 370 g/mol. The van der Waals surface area contributed by atoms with Crippen molar-refractivity contribution in [3.63, 3.8) is 0 Å². The van der Waals surface area contributed by atoms with Gasteiger partial charge in [-0.3, -0.25) is 9.59 Å². The fraction of sp³-hybridized carbons (Fsp3) is 0.300. The van der Waals surface area contributed by atoms with Gasteiger partial charge in [-0.2, -0.15) is 0 Å². The van der Waals surface area contributed by atoms with E-state index in [1.165, 1.54) is 7.11 Å². The third kappa shape index (κ3) is 4.13. The van der Waals surface area contributed by atoms with Crippen molar-refractivity contribution in [3.05, 3.63) is 42.0 Å². The van der Waals surface area contributed by atoms with Crippen molar-refractivity contribution in [1.29, 1.82) is 0 Å². The summed E-state index contributed by atoms with van der Waals surface area (Å²) in [5.41, 5.74) is 2.26. The largest absolute Gasteiger partial charge is 0.497 e. The average Bonchev–Trinajstić information content (AvgIpc) is 2.67. The highest BCUT2D eigenvalue weighted by molar-refractivity contribution is 5.99. The lowest BCUT2D eigenvalue weighted by atomic mass is 10.1. The maximum atomic E-state index is 12.4. The molecule has 7 heteroatoms. The second-order valence-electron chi connectivity index (χ2n) is 6.17. The van der Waals surface area contributed by atoms with E-state index in [2.05, 4.69) is 5.32 Å². The minimum absolute atomic E-state index is 0.0238. The normalized spacial score (nSPS) is 12.9. The number of amides is 2. The van der Waals surface area contributed by atoms with Crippen molar-refractivity contribution >= 4 is 23.2 Å². The zero-order valence-electron chi connectivity index (χ0n) is 15.6. The van der Waals surface area contributed by atoms with E-state index in [0.717, 1.165) is 5.56 Å². The molecule has 142 valence electrons. The van der Waals surface area contributed by atoms with Crippen LogP contribution in [0.25, 0.3) is 0 Å². The number of benzene rings is 2. The molecule has 0 unspecified atom stereocenters. The van der Waals surface area contributed by atoms with Crippen LogP contribution in [0, 0.1) is 6.92 Å². The molecule has 2 amide bonds. The number of nitrogens with one attached hydrogen (secondary N) is 1. The number of aryl methyl sites for hydroxylation is 1. The van der Waals surface area contributed by atoms with Crippen LogP contribution in [-0.4, -0.2) is 39.2 Å². The molecule has 27 heavy (non-hydrogen) atoms. The molecule has 0 saturated carbocycles. The van der Waals surface area contributed by atoms with Gasteiger partial charge < -0.3 is 24.4 Å². The fourth-order valence-corrected chi connectivity index (χ4v) is 2.89. The molecule has 0 fully saturated rings. The minimum atomic E-state index is -0.216. The van der Waals surface area contributed by atoms with Crippen molar-refractivity contribution in [2.24, 2.45) is 0 Å². The number of hydrogen-bond donors (Lipinski definition) is 1. The second-order valence-corrected chi connectivity index (χ2v) is 6.17. The lowest BCUT2D eigenvalue weighted by Gasteiger charge is -2.29. The van der Waals surface area contributed by atoms with Crippen LogP contribution >= 0.6 is 0 Å². The average molecular weight is 370 g/mol. The SMILES string of the molecule is COc1ccc(NC(=O)CCN2C(=O)COc3ccc(C)cc32)c(OC)c1. The van der Waals surface area contributed by atoms with Gasteiger partial charge in [0.25, 0.3) is 5.91 Å². The Kier molecular flexibility index (Phi) is 5.49. The topological polar surface area (TPSA) is 77.1 Å². The van der Waals surface area contributed by atoms with E-state index in [1.54, 1.807) is 30.2 Å². The number of fused-ring (bicyclic) bond motifs is 1. The van der Waals surface area contributed by atoms with Gasteiger partial charge in [0.1, 0.15) is 17.2 Å². The summed E-state index contributed by atoms with van der Waals surface area (Å²) in [5.74, 6) is 1.41. The second kappa shape index (κ2) is 7.99. The molecule has 3 rings (SSSR count). The van der Waals surface area contributed by atoms with Gasteiger partial charge in [0, 0.05) is 19.0 Å². The molecule has 7 nitrogen and oxygen atoms in total. The quantitative estimate of drug-likeness (QED) is 0.846.